The highest BCUT2D eigenvalue weighted by Crippen LogP contribution is 2.53. The molecule has 2 saturated carbocycles. The van der Waals surface area contributed by atoms with E-state index in [0.717, 1.165) is 24.8 Å². The van der Waals surface area contributed by atoms with Gasteiger partial charge in [0.05, 0.1) is 18.2 Å². The molecule has 2 aliphatic rings. The van der Waals surface area contributed by atoms with Crippen molar-refractivity contribution >= 4 is 12.2 Å². The fourth-order valence-electron chi connectivity index (χ4n) is 4.59. The van der Waals surface area contributed by atoms with Crippen molar-refractivity contribution in [3.63, 3.8) is 0 Å². The Morgan fingerprint density at radius 1 is 1.19 bits per heavy atom. The van der Waals surface area contributed by atoms with Crippen LogP contribution in [0.4, 0.5) is 0 Å². The van der Waals surface area contributed by atoms with Crippen molar-refractivity contribution in [2.45, 2.75) is 66.7 Å². The molecule has 2 atom stereocenters. The summed E-state index contributed by atoms with van der Waals surface area (Å²) in [6, 6.07) is 0. The predicted octanol–water partition coefficient (Wildman–Crippen LogP) is 5.14. The maximum atomic E-state index is 12.7. The highest BCUT2D eigenvalue weighted by Gasteiger charge is 2.50. The fraction of sp³-hybridized carbons (Fsp3) is 0.652. The lowest BCUT2D eigenvalue weighted by atomic mass is 9.57. The Morgan fingerprint density at radius 3 is 2.22 bits per heavy atom. The number of hydrogen-bond acceptors (Lipinski definition) is 4. The van der Waals surface area contributed by atoms with Crippen LogP contribution in [0.2, 0.25) is 0 Å². The summed E-state index contributed by atoms with van der Waals surface area (Å²) in [5.74, 6) is 1.64. The van der Waals surface area contributed by atoms with Crippen LogP contribution in [0.15, 0.2) is 29.0 Å². The molecule has 0 aromatic heterocycles. The van der Waals surface area contributed by atoms with Crippen LogP contribution in [0.25, 0.3) is 0 Å². The Balaban J connectivity index is 0.00000158. The van der Waals surface area contributed by atoms with Crippen molar-refractivity contribution < 1.29 is 14.7 Å². The van der Waals surface area contributed by atoms with E-state index in [2.05, 4.69) is 31.8 Å². The number of carbonyl (C=O) groups excluding carboxylic acids is 1. The van der Waals surface area contributed by atoms with E-state index in [1.54, 1.807) is 12.2 Å². The Morgan fingerprint density at radius 2 is 1.74 bits per heavy atom. The zero-order chi connectivity index (χ0) is 20.9. The molecule has 2 unspecified atom stereocenters. The molecule has 1 N–H and O–H groups in total. The normalized spacial score (nSPS) is 30.1. The molecule has 0 radical (unpaired) electrons. The van der Waals surface area contributed by atoms with Crippen LogP contribution in [0, 0.1) is 36.0 Å². The number of rotatable bonds is 5. The molecule has 27 heavy (non-hydrogen) atoms. The van der Waals surface area contributed by atoms with Gasteiger partial charge in [-0.2, -0.15) is 0 Å². The average Bonchev–Trinajstić information content (AvgIpc) is 2.66. The molecule has 4 heteroatoms. The summed E-state index contributed by atoms with van der Waals surface area (Å²) in [5.41, 5.74) is 0.463. The van der Waals surface area contributed by atoms with Gasteiger partial charge in [0.2, 0.25) is 0 Å². The van der Waals surface area contributed by atoms with Crippen LogP contribution in [0.1, 0.15) is 66.7 Å². The second-order valence-corrected chi connectivity index (χ2v) is 7.43. The van der Waals surface area contributed by atoms with Crippen LogP contribution in [-0.2, 0) is 9.63 Å². The molecule has 0 amide bonds. The number of allylic oxidation sites excluding steroid dienone is 3. The molecular formula is C23H37NO3. The summed E-state index contributed by atoms with van der Waals surface area (Å²) in [6.07, 6.45) is 20.0. The monoisotopic (exact) mass is 375 g/mol. The largest absolute Gasteiger partial charge is 0.392 e. The van der Waals surface area contributed by atoms with Crippen LogP contribution in [0.3, 0.4) is 0 Å². The Bertz CT molecular complexity index is 526. The van der Waals surface area contributed by atoms with Gasteiger partial charge in [-0.05, 0) is 62.4 Å². The maximum Gasteiger partial charge on any atom is 0.341 e. The van der Waals surface area contributed by atoms with Gasteiger partial charge in [-0.3, -0.25) is 0 Å². The SMILES string of the molecule is C#C.C/C=C(\C=C/CO)/C=N/OC(=O)C12CC(C)CC(CC(C)C1)C2.CC. The molecular weight excluding hydrogens is 338 g/mol. The highest BCUT2D eigenvalue weighted by molar-refractivity contribution is 5.83. The van der Waals surface area contributed by atoms with Crippen molar-refractivity contribution in [3.8, 4) is 12.8 Å². The van der Waals surface area contributed by atoms with Crippen molar-refractivity contribution in [2.24, 2.45) is 28.3 Å². The molecule has 0 aliphatic heterocycles. The van der Waals surface area contributed by atoms with E-state index >= 15 is 0 Å². The van der Waals surface area contributed by atoms with E-state index in [0.29, 0.717) is 17.8 Å². The quantitative estimate of drug-likeness (QED) is 0.238. The standard InChI is InChI=1S/C19H29NO3.C2H6.C2H2/c1-4-16(6-5-7-21)13-20-23-18(22)19-10-14(2)8-17(12-19)9-15(3)11-19;2*1-2/h4-6,13-15,17,21H,7-12H2,1-3H3;1-2H3;1-2H/b6-5-,16-4+,20-13+;;. The van der Waals surface area contributed by atoms with E-state index < -0.39 is 0 Å². The van der Waals surface area contributed by atoms with Gasteiger partial charge in [-0.15, -0.1) is 12.8 Å². The van der Waals surface area contributed by atoms with Gasteiger partial charge >= 0.3 is 5.97 Å². The van der Waals surface area contributed by atoms with Gasteiger partial charge in [-0.1, -0.05) is 51.1 Å². The van der Waals surface area contributed by atoms with Gasteiger partial charge in [0, 0.05) is 0 Å². The summed E-state index contributed by atoms with van der Waals surface area (Å²) in [7, 11) is 0. The molecule has 2 bridgehead atoms. The summed E-state index contributed by atoms with van der Waals surface area (Å²) < 4.78 is 0. The van der Waals surface area contributed by atoms with E-state index in [1.807, 2.05) is 26.8 Å². The molecule has 0 spiro atoms. The smallest absolute Gasteiger partial charge is 0.341 e. The first-order chi connectivity index (χ1) is 13.0. The van der Waals surface area contributed by atoms with Crippen molar-refractivity contribution in [3.05, 3.63) is 23.8 Å². The first kappa shape index (κ1) is 25.1. The summed E-state index contributed by atoms with van der Waals surface area (Å²) in [5, 5.41) is 12.7. The van der Waals surface area contributed by atoms with Gasteiger partial charge < -0.3 is 9.94 Å². The number of terminal acetylenes is 1. The summed E-state index contributed by atoms with van der Waals surface area (Å²) >= 11 is 0. The van der Waals surface area contributed by atoms with E-state index in [9.17, 15) is 4.79 Å². The second-order valence-electron chi connectivity index (χ2n) is 7.43. The lowest BCUT2D eigenvalue weighted by Crippen LogP contribution is -2.44. The predicted molar refractivity (Wildman–Crippen MR) is 113 cm³/mol. The Labute approximate surface area is 165 Å². The molecule has 2 aliphatic carbocycles. The number of fused-ring (bicyclic) bond motifs is 2. The number of aliphatic hydroxyl groups excluding tert-OH is 1. The third kappa shape index (κ3) is 7.72. The molecule has 0 saturated heterocycles. The molecule has 2 fully saturated rings. The van der Waals surface area contributed by atoms with E-state index in [4.69, 9.17) is 9.94 Å². The second kappa shape index (κ2) is 13.3. The van der Waals surface area contributed by atoms with Crippen LogP contribution >= 0.6 is 0 Å². The number of hydrogen-bond donors (Lipinski definition) is 1. The van der Waals surface area contributed by atoms with Gasteiger partial charge in [0.15, 0.2) is 0 Å². The third-order valence-corrected chi connectivity index (χ3v) is 5.15. The first-order valence-corrected chi connectivity index (χ1v) is 10.0. The Hall–Kier alpha value is -1.86. The highest BCUT2D eigenvalue weighted by atomic mass is 16.7. The minimum absolute atomic E-state index is 0.0226. The topological polar surface area (TPSA) is 58.9 Å². The minimum Gasteiger partial charge on any atom is -0.392 e. The maximum absolute atomic E-state index is 12.7. The molecule has 152 valence electrons. The first-order valence-electron chi connectivity index (χ1n) is 10.0. The van der Waals surface area contributed by atoms with Gasteiger partial charge in [-0.25, -0.2) is 4.79 Å². The average molecular weight is 376 g/mol. The summed E-state index contributed by atoms with van der Waals surface area (Å²) in [4.78, 5) is 18.0. The van der Waals surface area contributed by atoms with Crippen molar-refractivity contribution in [2.75, 3.05) is 6.61 Å². The molecule has 0 aromatic carbocycles. The van der Waals surface area contributed by atoms with E-state index in [1.165, 1.54) is 19.1 Å². The molecule has 4 nitrogen and oxygen atoms in total. The van der Waals surface area contributed by atoms with Gasteiger partial charge in [0.1, 0.15) is 0 Å². The Kier molecular flexibility index (Phi) is 12.4. The number of oxime groups is 1. The minimum atomic E-state index is -0.339. The van der Waals surface area contributed by atoms with Crippen molar-refractivity contribution in [1.82, 2.24) is 0 Å². The van der Waals surface area contributed by atoms with Crippen molar-refractivity contribution in [1.29, 1.82) is 0 Å². The number of aliphatic hydroxyl groups is 1. The van der Waals surface area contributed by atoms with Crippen LogP contribution in [0.5, 0.6) is 0 Å². The number of carbonyl (C=O) groups is 1. The molecule has 2 rings (SSSR count). The lowest BCUT2D eigenvalue weighted by molar-refractivity contribution is -0.165. The molecule has 0 aromatic rings. The lowest BCUT2D eigenvalue weighted by Gasteiger charge is -2.47. The number of nitrogens with zero attached hydrogens (tertiary/aromatic N) is 1. The van der Waals surface area contributed by atoms with E-state index in [-0.39, 0.29) is 18.0 Å². The third-order valence-electron chi connectivity index (χ3n) is 5.15. The zero-order valence-corrected chi connectivity index (χ0v) is 17.6. The fourth-order valence-corrected chi connectivity index (χ4v) is 4.59. The van der Waals surface area contributed by atoms with Gasteiger partial charge in [0.25, 0.3) is 0 Å². The zero-order valence-electron chi connectivity index (χ0n) is 17.6. The summed E-state index contributed by atoms with van der Waals surface area (Å²) in [6.45, 7) is 10.3. The molecule has 0 heterocycles. The van der Waals surface area contributed by atoms with Crippen LogP contribution in [-0.4, -0.2) is 23.9 Å². The van der Waals surface area contributed by atoms with Crippen LogP contribution < -0.4 is 0 Å².